The predicted molar refractivity (Wildman–Crippen MR) is 69.8 cm³/mol. The van der Waals surface area contributed by atoms with Gasteiger partial charge in [0.25, 0.3) is 6.43 Å². The van der Waals surface area contributed by atoms with Crippen LogP contribution >= 0.6 is 0 Å². The number of carbonyl (C=O) groups is 1. The van der Waals surface area contributed by atoms with Crippen LogP contribution in [0.4, 0.5) is 8.78 Å². The molecule has 1 rings (SSSR count). The van der Waals surface area contributed by atoms with Crippen molar-refractivity contribution < 1.29 is 18.7 Å². The maximum Gasteiger partial charge on any atom is 0.251 e. The summed E-state index contributed by atoms with van der Waals surface area (Å²) in [6, 6.07) is 5.42. The van der Waals surface area contributed by atoms with Gasteiger partial charge in [-0.3, -0.25) is 9.69 Å². The lowest BCUT2D eigenvalue weighted by molar-refractivity contribution is 0.0689. The van der Waals surface area contributed by atoms with Gasteiger partial charge in [-0.05, 0) is 19.4 Å². The van der Waals surface area contributed by atoms with Gasteiger partial charge in [0.1, 0.15) is 0 Å². The number of alkyl halides is 2. The highest BCUT2D eigenvalue weighted by Gasteiger charge is 2.17. The molecule has 0 aliphatic rings. The van der Waals surface area contributed by atoms with Crippen molar-refractivity contribution in [2.45, 2.75) is 20.3 Å². The summed E-state index contributed by atoms with van der Waals surface area (Å²) >= 11 is 0. The fraction of sp³-hybridized carbons (Fsp3) is 0.500. The van der Waals surface area contributed by atoms with Gasteiger partial charge in [-0.25, -0.2) is 8.78 Å². The average Bonchev–Trinajstić information content (AvgIpc) is 2.27. The summed E-state index contributed by atoms with van der Waals surface area (Å²) in [6.07, 6.45) is -2.52. The first-order chi connectivity index (χ1) is 8.93. The molecule has 0 aliphatic heterocycles. The molecule has 19 heavy (non-hydrogen) atoms. The molecule has 0 amide bonds. The number of halogens is 2. The lowest BCUT2D eigenvalue weighted by Crippen LogP contribution is -2.36. The number of aliphatic hydroxyl groups excluding tert-OH is 1. The number of aliphatic hydroxyl groups is 1. The van der Waals surface area contributed by atoms with Crippen LogP contribution in [0, 0.1) is 13.8 Å². The molecule has 0 saturated carbocycles. The van der Waals surface area contributed by atoms with Gasteiger partial charge in [0, 0.05) is 12.1 Å². The van der Waals surface area contributed by atoms with E-state index in [1.165, 1.54) is 4.90 Å². The summed E-state index contributed by atoms with van der Waals surface area (Å²) in [4.78, 5) is 13.3. The molecule has 3 nitrogen and oxygen atoms in total. The molecule has 106 valence electrons. The molecule has 5 heteroatoms. The highest BCUT2D eigenvalue weighted by molar-refractivity contribution is 5.98. The second-order valence-corrected chi connectivity index (χ2v) is 4.59. The second-order valence-electron chi connectivity index (χ2n) is 4.59. The molecular weight excluding hydrogens is 252 g/mol. The Morgan fingerprint density at radius 1 is 1.37 bits per heavy atom. The molecule has 0 atom stereocenters. The quantitative estimate of drug-likeness (QED) is 0.772. The van der Waals surface area contributed by atoms with Crippen LogP contribution in [-0.4, -0.2) is 48.5 Å². The number of rotatable bonds is 7. The fourth-order valence-corrected chi connectivity index (χ4v) is 1.99. The van der Waals surface area contributed by atoms with Crippen molar-refractivity contribution in [3.63, 3.8) is 0 Å². The topological polar surface area (TPSA) is 40.5 Å². The highest BCUT2D eigenvalue weighted by Crippen LogP contribution is 2.12. The van der Waals surface area contributed by atoms with E-state index in [-0.39, 0.29) is 25.5 Å². The number of benzene rings is 1. The predicted octanol–water partition coefficient (Wildman–Crippen LogP) is 2.05. The molecule has 1 N–H and O–H groups in total. The summed E-state index contributed by atoms with van der Waals surface area (Å²) in [5.74, 6) is -0.202. The van der Waals surface area contributed by atoms with Gasteiger partial charge >= 0.3 is 0 Å². The van der Waals surface area contributed by atoms with Crippen LogP contribution in [-0.2, 0) is 0 Å². The van der Waals surface area contributed by atoms with Crippen molar-refractivity contribution in [2.75, 3.05) is 26.2 Å². The number of Topliss-reactive ketones (excluding diaryl/α,β-unsaturated/α-hetero) is 1. The average molecular weight is 271 g/mol. The zero-order valence-corrected chi connectivity index (χ0v) is 11.2. The van der Waals surface area contributed by atoms with Crippen molar-refractivity contribution in [1.82, 2.24) is 4.90 Å². The van der Waals surface area contributed by atoms with Crippen molar-refractivity contribution in [3.05, 3.63) is 34.9 Å². The fourth-order valence-electron chi connectivity index (χ4n) is 1.99. The molecule has 0 fully saturated rings. The third kappa shape index (κ3) is 5.04. The highest BCUT2D eigenvalue weighted by atomic mass is 19.3. The van der Waals surface area contributed by atoms with Crippen LogP contribution in [0.15, 0.2) is 18.2 Å². The Morgan fingerprint density at radius 3 is 2.58 bits per heavy atom. The standard InChI is InChI=1S/C14H19F2NO2/c1-10-3-4-12(11(2)7-10)13(19)8-17(5-6-18)9-14(15)16/h3-4,7,14,18H,5-6,8-9H2,1-2H3. The van der Waals surface area contributed by atoms with Crippen LogP contribution < -0.4 is 0 Å². The van der Waals surface area contributed by atoms with Crippen molar-refractivity contribution >= 4 is 5.78 Å². The van der Waals surface area contributed by atoms with Crippen LogP contribution in [0.3, 0.4) is 0 Å². The molecule has 0 spiro atoms. The molecule has 0 bridgehead atoms. The summed E-state index contributed by atoms with van der Waals surface area (Å²) in [7, 11) is 0. The van der Waals surface area contributed by atoms with Crippen molar-refractivity contribution in [2.24, 2.45) is 0 Å². The Bertz CT molecular complexity index is 435. The van der Waals surface area contributed by atoms with Crippen LogP contribution in [0.1, 0.15) is 21.5 Å². The van der Waals surface area contributed by atoms with Crippen LogP contribution in [0.25, 0.3) is 0 Å². The van der Waals surface area contributed by atoms with E-state index in [0.717, 1.165) is 11.1 Å². The van der Waals surface area contributed by atoms with E-state index in [0.29, 0.717) is 5.56 Å². The number of aryl methyl sites for hydroxylation is 2. The van der Waals surface area contributed by atoms with Crippen molar-refractivity contribution in [3.8, 4) is 0 Å². The Kier molecular flexibility index (Phi) is 6.05. The molecular formula is C14H19F2NO2. The Balaban J connectivity index is 2.75. The summed E-state index contributed by atoms with van der Waals surface area (Å²) in [6.45, 7) is 2.97. The maximum atomic E-state index is 12.4. The van der Waals surface area contributed by atoms with E-state index < -0.39 is 13.0 Å². The molecule has 0 aliphatic carbocycles. The van der Waals surface area contributed by atoms with E-state index in [4.69, 9.17) is 5.11 Å². The Hall–Kier alpha value is -1.33. The minimum absolute atomic E-state index is 0.0704. The van der Waals surface area contributed by atoms with E-state index >= 15 is 0 Å². The third-order valence-electron chi connectivity index (χ3n) is 2.86. The summed E-state index contributed by atoms with van der Waals surface area (Å²) in [5.41, 5.74) is 2.43. The summed E-state index contributed by atoms with van der Waals surface area (Å²) < 4.78 is 24.7. The molecule has 0 heterocycles. The molecule has 0 saturated heterocycles. The van der Waals surface area contributed by atoms with Crippen LogP contribution in [0.5, 0.6) is 0 Å². The SMILES string of the molecule is Cc1ccc(C(=O)CN(CCO)CC(F)F)c(C)c1. The van der Waals surface area contributed by atoms with Crippen LogP contribution in [0.2, 0.25) is 0 Å². The van der Waals surface area contributed by atoms with Gasteiger partial charge in [-0.2, -0.15) is 0 Å². The van der Waals surface area contributed by atoms with Gasteiger partial charge in [-0.1, -0.05) is 23.8 Å². The van der Waals surface area contributed by atoms with E-state index in [9.17, 15) is 13.6 Å². The summed E-state index contributed by atoms with van der Waals surface area (Å²) in [5, 5.41) is 8.83. The maximum absolute atomic E-state index is 12.4. The van der Waals surface area contributed by atoms with Gasteiger partial charge in [0.05, 0.1) is 19.7 Å². The second kappa shape index (κ2) is 7.31. The lowest BCUT2D eigenvalue weighted by atomic mass is 10.0. The smallest absolute Gasteiger partial charge is 0.251 e. The first kappa shape index (κ1) is 15.7. The van der Waals surface area contributed by atoms with Gasteiger partial charge in [0.15, 0.2) is 5.78 Å². The normalized spacial score (nSPS) is 11.3. The van der Waals surface area contributed by atoms with Gasteiger partial charge in [-0.15, -0.1) is 0 Å². The lowest BCUT2D eigenvalue weighted by Gasteiger charge is -2.20. The van der Waals surface area contributed by atoms with E-state index in [2.05, 4.69) is 0 Å². The van der Waals surface area contributed by atoms with Crippen molar-refractivity contribution in [1.29, 1.82) is 0 Å². The zero-order valence-electron chi connectivity index (χ0n) is 11.2. The monoisotopic (exact) mass is 271 g/mol. The first-order valence-corrected chi connectivity index (χ1v) is 6.16. The number of hydrogen-bond acceptors (Lipinski definition) is 3. The Labute approximate surface area is 111 Å². The van der Waals surface area contributed by atoms with Gasteiger partial charge in [0.2, 0.25) is 0 Å². The largest absolute Gasteiger partial charge is 0.395 e. The zero-order chi connectivity index (χ0) is 14.4. The molecule has 0 unspecified atom stereocenters. The van der Waals surface area contributed by atoms with E-state index in [1.807, 2.05) is 26.0 Å². The molecule has 1 aromatic rings. The Morgan fingerprint density at radius 2 is 2.05 bits per heavy atom. The minimum atomic E-state index is -2.52. The number of ketones is 1. The molecule has 0 radical (unpaired) electrons. The van der Waals surface area contributed by atoms with Gasteiger partial charge < -0.3 is 5.11 Å². The first-order valence-electron chi connectivity index (χ1n) is 6.16. The van der Waals surface area contributed by atoms with E-state index in [1.54, 1.807) is 6.07 Å². The third-order valence-corrected chi connectivity index (χ3v) is 2.86. The molecule has 0 aromatic heterocycles. The minimum Gasteiger partial charge on any atom is -0.395 e. The molecule has 1 aromatic carbocycles. The number of carbonyl (C=O) groups excluding carboxylic acids is 1. The number of nitrogens with zero attached hydrogens (tertiary/aromatic N) is 1. The number of hydrogen-bond donors (Lipinski definition) is 1.